The fourth-order valence-electron chi connectivity index (χ4n) is 2.29. The number of para-hydroxylation sites is 2. The molecule has 0 aliphatic carbocycles. The number of hydrazone groups is 2. The third-order valence-electron chi connectivity index (χ3n) is 3.58. The molecule has 0 bridgehead atoms. The van der Waals surface area contributed by atoms with E-state index in [0.717, 1.165) is 11.4 Å². The van der Waals surface area contributed by atoms with E-state index in [9.17, 15) is 0 Å². The van der Waals surface area contributed by atoms with Gasteiger partial charge in [0.15, 0.2) is 10.2 Å². The number of hydrogen-bond donors (Lipinski definition) is 4. The zero-order valence-electron chi connectivity index (χ0n) is 15.8. The van der Waals surface area contributed by atoms with Crippen LogP contribution in [0.5, 0.6) is 0 Å². The van der Waals surface area contributed by atoms with E-state index in [1.54, 1.807) is 12.4 Å². The summed E-state index contributed by atoms with van der Waals surface area (Å²) in [5.41, 5.74) is 8.59. The molecule has 3 rings (SSSR count). The highest BCUT2D eigenvalue weighted by Crippen LogP contribution is 2.05. The van der Waals surface area contributed by atoms with E-state index < -0.39 is 0 Å². The lowest BCUT2D eigenvalue weighted by molar-refractivity contribution is 1.04. The Morgan fingerprint density at radius 3 is 1.50 bits per heavy atom. The Hall–Kier alpha value is -3.69. The second kappa shape index (κ2) is 11.3. The minimum absolute atomic E-state index is 0.388. The number of benzene rings is 2. The molecule has 0 fully saturated rings. The standard InChI is InChI=1S/C21H19N7S2/c29-20(25-16-8-3-1-4-9-16)27-22-14-18-12-7-13-19(24-18)15-23-28-21(30)26-17-10-5-2-6-11-17/h1-15H,(H2,25,27,29)(H2,26,28,30). The molecule has 0 aliphatic heterocycles. The van der Waals surface area contributed by atoms with Crippen molar-refractivity contribution in [2.24, 2.45) is 10.2 Å². The SMILES string of the molecule is S=C(NN=Cc1cccc(C=NNC(=S)Nc2ccccc2)n1)Nc1ccccc1. The Kier molecular flexibility index (Phi) is 7.95. The van der Waals surface area contributed by atoms with E-state index >= 15 is 0 Å². The Balaban J connectivity index is 1.47. The first kappa shape index (κ1) is 21.0. The third-order valence-corrected chi connectivity index (χ3v) is 3.97. The average Bonchev–Trinajstić information content (AvgIpc) is 2.75. The number of thiocarbonyl (C=S) groups is 2. The van der Waals surface area contributed by atoms with Crippen LogP contribution in [-0.4, -0.2) is 27.6 Å². The second-order valence-electron chi connectivity index (χ2n) is 5.87. The van der Waals surface area contributed by atoms with Gasteiger partial charge in [-0.1, -0.05) is 42.5 Å². The van der Waals surface area contributed by atoms with Crippen LogP contribution in [0, 0.1) is 0 Å². The van der Waals surface area contributed by atoms with E-state index in [1.807, 2.05) is 78.9 Å². The minimum atomic E-state index is 0.388. The fraction of sp³-hybridized carbons (Fsp3) is 0. The predicted octanol–water partition coefficient (Wildman–Crippen LogP) is 3.72. The van der Waals surface area contributed by atoms with Crippen molar-refractivity contribution in [1.29, 1.82) is 0 Å². The quantitative estimate of drug-likeness (QED) is 0.268. The summed E-state index contributed by atoms with van der Waals surface area (Å²) in [5, 5.41) is 15.0. The van der Waals surface area contributed by atoms with Gasteiger partial charge in [-0.3, -0.25) is 10.9 Å². The molecule has 7 nitrogen and oxygen atoms in total. The van der Waals surface area contributed by atoms with Gasteiger partial charge in [0.05, 0.1) is 23.8 Å². The molecule has 2 aromatic carbocycles. The Morgan fingerprint density at radius 2 is 1.07 bits per heavy atom. The summed E-state index contributed by atoms with van der Waals surface area (Å²) in [6, 6.07) is 24.7. The first-order chi connectivity index (χ1) is 14.7. The van der Waals surface area contributed by atoms with Crippen molar-refractivity contribution in [2.45, 2.75) is 0 Å². The van der Waals surface area contributed by atoms with E-state index in [1.165, 1.54) is 0 Å². The van der Waals surface area contributed by atoms with Crippen LogP contribution in [0.25, 0.3) is 0 Å². The number of rotatable bonds is 6. The second-order valence-corrected chi connectivity index (χ2v) is 6.68. The van der Waals surface area contributed by atoms with Crippen LogP contribution in [0.15, 0.2) is 89.1 Å². The van der Waals surface area contributed by atoms with Crippen LogP contribution in [0.2, 0.25) is 0 Å². The maximum atomic E-state index is 5.20. The van der Waals surface area contributed by atoms with Gasteiger partial charge < -0.3 is 10.6 Å². The Labute approximate surface area is 185 Å². The van der Waals surface area contributed by atoms with Crippen molar-refractivity contribution in [3.05, 3.63) is 90.3 Å². The highest BCUT2D eigenvalue weighted by atomic mass is 32.1. The molecule has 0 atom stereocenters. The molecule has 150 valence electrons. The molecule has 9 heteroatoms. The number of pyridine rings is 1. The average molecular weight is 434 g/mol. The first-order valence-corrected chi connectivity index (χ1v) is 9.78. The normalized spacial score (nSPS) is 10.7. The smallest absolute Gasteiger partial charge is 0.191 e. The molecule has 0 radical (unpaired) electrons. The lowest BCUT2D eigenvalue weighted by Crippen LogP contribution is -2.24. The van der Waals surface area contributed by atoms with E-state index in [0.29, 0.717) is 21.6 Å². The highest BCUT2D eigenvalue weighted by molar-refractivity contribution is 7.80. The van der Waals surface area contributed by atoms with Crippen molar-refractivity contribution >= 4 is 58.5 Å². The van der Waals surface area contributed by atoms with Crippen LogP contribution in [0.3, 0.4) is 0 Å². The van der Waals surface area contributed by atoms with Gasteiger partial charge in [-0.15, -0.1) is 0 Å². The summed E-state index contributed by atoms with van der Waals surface area (Å²) in [7, 11) is 0. The number of nitrogens with zero attached hydrogens (tertiary/aromatic N) is 3. The third kappa shape index (κ3) is 7.38. The van der Waals surface area contributed by atoms with E-state index in [-0.39, 0.29) is 0 Å². The molecule has 0 aliphatic rings. The van der Waals surface area contributed by atoms with Crippen molar-refractivity contribution in [3.8, 4) is 0 Å². The van der Waals surface area contributed by atoms with Crippen LogP contribution in [0.4, 0.5) is 11.4 Å². The summed E-state index contributed by atoms with van der Waals surface area (Å²) in [6.45, 7) is 0. The monoisotopic (exact) mass is 433 g/mol. The van der Waals surface area contributed by atoms with Crippen molar-refractivity contribution < 1.29 is 0 Å². The topological polar surface area (TPSA) is 85.7 Å². The molecule has 0 spiro atoms. The van der Waals surface area contributed by atoms with Gasteiger partial charge in [0, 0.05) is 11.4 Å². The maximum Gasteiger partial charge on any atom is 0.191 e. The van der Waals surface area contributed by atoms with Gasteiger partial charge in [0.1, 0.15) is 0 Å². The predicted molar refractivity (Wildman–Crippen MR) is 131 cm³/mol. The number of anilines is 2. The summed E-state index contributed by atoms with van der Waals surface area (Å²) in [6.07, 6.45) is 3.15. The van der Waals surface area contributed by atoms with Crippen molar-refractivity contribution in [1.82, 2.24) is 15.8 Å². The molecule has 3 aromatic rings. The van der Waals surface area contributed by atoms with E-state index in [4.69, 9.17) is 24.4 Å². The maximum absolute atomic E-state index is 5.20. The molecule has 0 saturated heterocycles. The molecule has 4 N–H and O–H groups in total. The lowest BCUT2D eigenvalue weighted by Gasteiger charge is -2.06. The van der Waals surface area contributed by atoms with Crippen molar-refractivity contribution in [2.75, 3.05) is 10.6 Å². The zero-order valence-corrected chi connectivity index (χ0v) is 17.5. The zero-order chi connectivity index (χ0) is 21.0. The van der Waals surface area contributed by atoms with Gasteiger partial charge in [-0.2, -0.15) is 10.2 Å². The number of aromatic nitrogens is 1. The van der Waals surface area contributed by atoms with Gasteiger partial charge in [0.2, 0.25) is 0 Å². The van der Waals surface area contributed by atoms with Gasteiger partial charge in [0.25, 0.3) is 0 Å². The number of nitrogens with one attached hydrogen (secondary N) is 4. The summed E-state index contributed by atoms with van der Waals surface area (Å²) >= 11 is 10.4. The van der Waals surface area contributed by atoms with Crippen LogP contribution in [0.1, 0.15) is 11.4 Å². The molecular formula is C21H19N7S2. The lowest BCUT2D eigenvalue weighted by atomic mass is 10.3. The molecule has 1 heterocycles. The molecule has 0 saturated carbocycles. The van der Waals surface area contributed by atoms with Crippen LogP contribution >= 0.6 is 24.4 Å². The molecule has 30 heavy (non-hydrogen) atoms. The highest BCUT2D eigenvalue weighted by Gasteiger charge is 1.97. The van der Waals surface area contributed by atoms with Crippen LogP contribution < -0.4 is 21.5 Å². The molecule has 0 unspecified atom stereocenters. The minimum Gasteiger partial charge on any atom is -0.331 e. The summed E-state index contributed by atoms with van der Waals surface area (Å²) < 4.78 is 0. The van der Waals surface area contributed by atoms with Gasteiger partial charge in [-0.05, 0) is 60.8 Å². The summed E-state index contributed by atoms with van der Waals surface area (Å²) in [4.78, 5) is 4.43. The molecule has 0 amide bonds. The van der Waals surface area contributed by atoms with Gasteiger partial charge >= 0.3 is 0 Å². The van der Waals surface area contributed by atoms with E-state index in [2.05, 4.69) is 36.7 Å². The molecular weight excluding hydrogens is 414 g/mol. The summed E-state index contributed by atoms with van der Waals surface area (Å²) in [5.74, 6) is 0. The van der Waals surface area contributed by atoms with Crippen LogP contribution in [-0.2, 0) is 0 Å². The Bertz CT molecular complexity index is 957. The van der Waals surface area contributed by atoms with Crippen molar-refractivity contribution in [3.63, 3.8) is 0 Å². The first-order valence-electron chi connectivity index (χ1n) is 8.96. The van der Waals surface area contributed by atoms with Gasteiger partial charge in [-0.25, -0.2) is 4.98 Å². The Morgan fingerprint density at radius 1 is 0.633 bits per heavy atom. The number of hydrogen-bond acceptors (Lipinski definition) is 5. The molecule has 1 aromatic heterocycles. The largest absolute Gasteiger partial charge is 0.331 e. The fourth-order valence-corrected chi connectivity index (χ4v) is 2.63.